The summed E-state index contributed by atoms with van der Waals surface area (Å²) in [6.45, 7) is 8.85. The molecule has 21 heavy (non-hydrogen) atoms. The number of unbranched alkanes of at least 4 members (excludes halogenated alkanes) is 1. The molecule has 0 radical (unpaired) electrons. The molecule has 0 bridgehead atoms. The van der Waals surface area contributed by atoms with Gasteiger partial charge < -0.3 is 4.74 Å². The van der Waals surface area contributed by atoms with Gasteiger partial charge in [0.2, 0.25) is 10.0 Å². The van der Waals surface area contributed by atoms with Gasteiger partial charge in [-0.15, -0.1) is 0 Å². The van der Waals surface area contributed by atoms with Gasteiger partial charge >= 0.3 is 0 Å². The van der Waals surface area contributed by atoms with Crippen LogP contribution < -0.4 is 0 Å². The summed E-state index contributed by atoms with van der Waals surface area (Å²) >= 11 is 0. The van der Waals surface area contributed by atoms with Crippen molar-refractivity contribution >= 4 is 10.0 Å². The van der Waals surface area contributed by atoms with Crippen LogP contribution in [0.25, 0.3) is 0 Å². The molecule has 1 unspecified atom stereocenters. The molecule has 1 atom stereocenters. The highest BCUT2D eigenvalue weighted by Gasteiger charge is 2.37. The van der Waals surface area contributed by atoms with Gasteiger partial charge in [-0.1, -0.05) is 43.2 Å². The molecule has 0 spiro atoms. The molecule has 0 amide bonds. The minimum Gasteiger partial charge on any atom is -0.362 e. The highest BCUT2D eigenvalue weighted by molar-refractivity contribution is 7.89. The molecule has 1 heterocycles. The number of nitrogens with zero attached hydrogens (tertiary/aromatic N) is 1. The minimum atomic E-state index is -3.53. The summed E-state index contributed by atoms with van der Waals surface area (Å²) in [5.74, 6) is 0. The molecule has 0 aromatic heterocycles. The molecule has 1 aliphatic rings. The smallest absolute Gasteiger partial charge is 0.245 e. The number of hydrogen-bond donors (Lipinski definition) is 0. The van der Waals surface area contributed by atoms with Crippen LogP contribution in [0, 0.1) is 6.92 Å². The van der Waals surface area contributed by atoms with Crippen molar-refractivity contribution in [1.29, 1.82) is 0 Å². The molecule has 0 saturated carbocycles. The average Bonchev–Trinajstić information content (AvgIpc) is 2.81. The Balaban J connectivity index is 2.20. The summed E-state index contributed by atoms with van der Waals surface area (Å²) in [6, 6.07) is 6.92. The molecule has 1 aromatic rings. The third kappa shape index (κ3) is 3.73. The van der Waals surface area contributed by atoms with Crippen molar-refractivity contribution in [2.45, 2.75) is 44.2 Å². The summed E-state index contributed by atoms with van der Waals surface area (Å²) in [5, 5.41) is 0. The van der Waals surface area contributed by atoms with Crippen LogP contribution in [0.3, 0.4) is 0 Å². The topological polar surface area (TPSA) is 46.6 Å². The van der Waals surface area contributed by atoms with E-state index >= 15 is 0 Å². The SMILES string of the molecule is C=C1CC(OCCCC)N(S(=O)(=O)c2ccc(C)cc2)C1. The lowest BCUT2D eigenvalue weighted by atomic mass is 10.2. The Hall–Kier alpha value is -1.17. The molecule has 1 aromatic carbocycles. The zero-order valence-electron chi connectivity index (χ0n) is 12.7. The number of sulfonamides is 1. The van der Waals surface area contributed by atoms with Gasteiger partial charge in [0.05, 0.1) is 4.90 Å². The standard InChI is InChI=1S/C16H23NO3S/c1-4-5-10-20-16-11-14(3)12-17(16)21(18,19)15-8-6-13(2)7-9-15/h6-9,16H,3-5,10-12H2,1-2H3. The minimum absolute atomic E-state index is 0.312. The lowest BCUT2D eigenvalue weighted by Crippen LogP contribution is -2.37. The first kappa shape index (κ1) is 16.2. The van der Waals surface area contributed by atoms with Gasteiger partial charge in [-0.2, -0.15) is 4.31 Å². The summed E-state index contributed by atoms with van der Waals surface area (Å²) in [5.41, 5.74) is 1.93. The van der Waals surface area contributed by atoms with Gasteiger partial charge in [0.25, 0.3) is 0 Å². The van der Waals surface area contributed by atoms with Gasteiger partial charge in [0.1, 0.15) is 6.23 Å². The predicted molar refractivity (Wildman–Crippen MR) is 83.5 cm³/mol. The van der Waals surface area contributed by atoms with Crippen molar-refractivity contribution in [3.8, 4) is 0 Å². The van der Waals surface area contributed by atoms with Crippen LogP contribution in [0.5, 0.6) is 0 Å². The van der Waals surface area contributed by atoms with Crippen LogP contribution in [-0.2, 0) is 14.8 Å². The van der Waals surface area contributed by atoms with E-state index < -0.39 is 16.3 Å². The zero-order valence-corrected chi connectivity index (χ0v) is 13.5. The number of rotatable bonds is 6. The summed E-state index contributed by atoms with van der Waals surface area (Å²) < 4.78 is 32.6. The van der Waals surface area contributed by atoms with Crippen molar-refractivity contribution in [3.05, 3.63) is 42.0 Å². The molecular formula is C16H23NO3S. The van der Waals surface area contributed by atoms with E-state index in [9.17, 15) is 8.42 Å². The number of ether oxygens (including phenoxy) is 1. The van der Waals surface area contributed by atoms with E-state index in [2.05, 4.69) is 13.5 Å². The van der Waals surface area contributed by atoms with Crippen LogP contribution in [0.1, 0.15) is 31.7 Å². The number of hydrogen-bond acceptors (Lipinski definition) is 3. The Labute approximate surface area is 127 Å². The maximum Gasteiger partial charge on any atom is 0.245 e. The van der Waals surface area contributed by atoms with E-state index in [1.807, 2.05) is 19.1 Å². The number of aryl methyl sites for hydroxylation is 1. The molecule has 5 heteroatoms. The van der Waals surface area contributed by atoms with E-state index in [-0.39, 0.29) is 0 Å². The van der Waals surface area contributed by atoms with Crippen LogP contribution in [0.2, 0.25) is 0 Å². The lowest BCUT2D eigenvalue weighted by molar-refractivity contribution is 0.000876. The van der Waals surface area contributed by atoms with Crippen molar-refractivity contribution in [3.63, 3.8) is 0 Å². The van der Waals surface area contributed by atoms with Crippen LogP contribution in [0.15, 0.2) is 41.3 Å². The molecular weight excluding hydrogens is 286 g/mol. The molecule has 1 fully saturated rings. The van der Waals surface area contributed by atoms with Gasteiger partial charge in [-0.25, -0.2) is 8.42 Å². The normalized spacial score (nSPS) is 20.1. The van der Waals surface area contributed by atoms with Crippen LogP contribution in [0.4, 0.5) is 0 Å². The Morgan fingerprint density at radius 2 is 2.00 bits per heavy atom. The molecule has 0 N–H and O–H groups in total. The largest absolute Gasteiger partial charge is 0.362 e. The summed E-state index contributed by atoms with van der Waals surface area (Å²) in [4.78, 5) is 0.312. The molecule has 0 aliphatic carbocycles. The summed E-state index contributed by atoms with van der Waals surface area (Å²) in [6.07, 6.45) is 2.12. The fourth-order valence-corrected chi connectivity index (χ4v) is 3.87. The van der Waals surface area contributed by atoms with Gasteiger partial charge in [-0.05, 0) is 25.5 Å². The van der Waals surface area contributed by atoms with E-state index in [0.717, 1.165) is 24.0 Å². The first-order chi connectivity index (χ1) is 9.95. The van der Waals surface area contributed by atoms with E-state index in [4.69, 9.17) is 4.74 Å². The first-order valence-electron chi connectivity index (χ1n) is 7.32. The average molecular weight is 309 g/mol. The number of benzene rings is 1. The maximum absolute atomic E-state index is 12.7. The van der Waals surface area contributed by atoms with Crippen LogP contribution >= 0.6 is 0 Å². The molecule has 4 nitrogen and oxygen atoms in total. The van der Waals surface area contributed by atoms with Gasteiger partial charge in [0, 0.05) is 19.6 Å². The Kier molecular flexibility index (Phi) is 5.19. The second kappa shape index (κ2) is 6.73. The second-order valence-corrected chi connectivity index (χ2v) is 7.39. The van der Waals surface area contributed by atoms with Crippen molar-refractivity contribution in [1.82, 2.24) is 4.31 Å². The van der Waals surface area contributed by atoms with Crippen molar-refractivity contribution in [2.75, 3.05) is 13.2 Å². The van der Waals surface area contributed by atoms with Gasteiger partial charge in [0.15, 0.2) is 0 Å². The monoisotopic (exact) mass is 309 g/mol. The fraction of sp³-hybridized carbons (Fsp3) is 0.500. The predicted octanol–water partition coefficient (Wildman–Crippen LogP) is 3.09. The maximum atomic E-state index is 12.7. The third-order valence-electron chi connectivity index (χ3n) is 3.60. The van der Waals surface area contributed by atoms with Crippen molar-refractivity contribution in [2.24, 2.45) is 0 Å². The quantitative estimate of drug-likeness (QED) is 0.599. The van der Waals surface area contributed by atoms with E-state index in [0.29, 0.717) is 24.5 Å². The molecule has 116 valence electrons. The highest BCUT2D eigenvalue weighted by atomic mass is 32.2. The van der Waals surface area contributed by atoms with E-state index in [1.165, 1.54) is 4.31 Å². The van der Waals surface area contributed by atoms with Crippen LogP contribution in [-0.4, -0.2) is 32.1 Å². The van der Waals surface area contributed by atoms with Crippen molar-refractivity contribution < 1.29 is 13.2 Å². The lowest BCUT2D eigenvalue weighted by Gasteiger charge is -2.23. The zero-order chi connectivity index (χ0) is 15.5. The fourth-order valence-electron chi connectivity index (χ4n) is 2.33. The molecule has 2 rings (SSSR count). The molecule has 1 saturated heterocycles. The van der Waals surface area contributed by atoms with E-state index in [1.54, 1.807) is 12.1 Å². The Morgan fingerprint density at radius 3 is 2.62 bits per heavy atom. The third-order valence-corrected chi connectivity index (χ3v) is 5.45. The second-order valence-electron chi connectivity index (χ2n) is 5.50. The summed E-state index contributed by atoms with van der Waals surface area (Å²) in [7, 11) is -3.53. The Morgan fingerprint density at radius 1 is 1.33 bits per heavy atom. The van der Waals surface area contributed by atoms with Gasteiger partial charge in [-0.3, -0.25) is 0 Å². The first-order valence-corrected chi connectivity index (χ1v) is 8.76. The molecule has 1 aliphatic heterocycles. The highest BCUT2D eigenvalue weighted by Crippen LogP contribution is 2.29. The Bertz CT molecular complexity index is 592.